The summed E-state index contributed by atoms with van der Waals surface area (Å²) in [7, 11) is 0. The first-order valence-electron chi connectivity index (χ1n) is 9.33. The molecule has 2 aromatic carbocycles. The first-order valence-corrected chi connectivity index (χ1v) is 9.33. The number of piperidine rings is 1. The summed E-state index contributed by atoms with van der Waals surface area (Å²) in [6, 6.07) is 16.8. The molecule has 0 N–H and O–H groups in total. The van der Waals surface area contributed by atoms with Crippen LogP contribution in [0.15, 0.2) is 48.5 Å². The molecule has 1 spiro atoms. The molecule has 2 fully saturated rings. The van der Waals surface area contributed by atoms with E-state index in [1.54, 1.807) is 24.3 Å². The van der Waals surface area contributed by atoms with E-state index in [1.807, 2.05) is 24.3 Å². The Hall–Kier alpha value is -2.52. The number of ether oxygens (including phenoxy) is 2. The fraction of sp³-hybridized carbons (Fsp3) is 0.364. The van der Waals surface area contributed by atoms with E-state index in [-0.39, 0.29) is 5.78 Å². The number of nitriles is 1. The van der Waals surface area contributed by atoms with E-state index in [1.165, 1.54) is 0 Å². The molecule has 2 aliphatic heterocycles. The second-order valence-corrected chi connectivity index (χ2v) is 7.03. The van der Waals surface area contributed by atoms with Gasteiger partial charge in [0.05, 0.1) is 24.8 Å². The van der Waals surface area contributed by atoms with Crippen LogP contribution in [0.3, 0.4) is 0 Å². The maximum Gasteiger partial charge on any atom is 0.194 e. The van der Waals surface area contributed by atoms with Crippen LogP contribution in [-0.2, 0) is 16.0 Å². The molecule has 2 heterocycles. The number of carbonyl (C=O) groups is 1. The van der Waals surface area contributed by atoms with E-state index < -0.39 is 5.79 Å². The molecule has 27 heavy (non-hydrogen) atoms. The third-order valence-electron chi connectivity index (χ3n) is 5.38. The van der Waals surface area contributed by atoms with Crippen molar-refractivity contribution in [3.8, 4) is 6.07 Å². The van der Waals surface area contributed by atoms with Crippen LogP contribution >= 0.6 is 0 Å². The largest absolute Gasteiger partial charge is 0.347 e. The molecular formula is C22H22N2O3. The smallest absolute Gasteiger partial charge is 0.194 e. The molecular weight excluding hydrogens is 340 g/mol. The van der Waals surface area contributed by atoms with Crippen molar-refractivity contribution in [2.45, 2.75) is 25.2 Å². The second-order valence-electron chi connectivity index (χ2n) is 7.03. The zero-order valence-electron chi connectivity index (χ0n) is 15.2. The summed E-state index contributed by atoms with van der Waals surface area (Å²) in [6.07, 6.45) is 1.70. The SMILES string of the molecule is N#Cc1ccccc1C(=O)c1ccccc1CN1CCC2(CC1)OCCO2. The Kier molecular flexibility index (Phi) is 5.04. The van der Waals surface area contributed by atoms with Crippen LogP contribution in [0.1, 0.15) is 39.9 Å². The van der Waals surface area contributed by atoms with Crippen LogP contribution in [-0.4, -0.2) is 42.8 Å². The topological polar surface area (TPSA) is 62.6 Å². The number of ketones is 1. The summed E-state index contributed by atoms with van der Waals surface area (Å²) >= 11 is 0. The zero-order chi connectivity index (χ0) is 18.7. The number of benzene rings is 2. The summed E-state index contributed by atoms with van der Waals surface area (Å²) in [5.41, 5.74) is 2.51. The lowest BCUT2D eigenvalue weighted by Gasteiger charge is -2.37. The molecule has 0 atom stereocenters. The minimum Gasteiger partial charge on any atom is -0.347 e. The first kappa shape index (κ1) is 17.9. The van der Waals surface area contributed by atoms with Gasteiger partial charge in [0.2, 0.25) is 0 Å². The van der Waals surface area contributed by atoms with Gasteiger partial charge < -0.3 is 9.47 Å². The van der Waals surface area contributed by atoms with E-state index >= 15 is 0 Å². The van der Waals surface area contributed by atoms with Crippen molar-refractivity contribution >= 4 is 5.78 Å². The third-order valence-corrected chi connectivity index (χ3v) is 5.38. The third kappa shape index (κ3) is 3.65. The Balaban J connectivity index is 1.52. The molecule has 4 rings (SSSR count). The Morgan fingerprint density at radius 1 is 1.00 bits per heavy atom. The van der Waals surface area contributed by atoms with Crippen molar-refractivity contribution in [3.05, 3.63) is 70.8 Å². The highest BCUT2D eigenvalue weighted by Gasteiger charge is 2.39. The van der Waals surface area contributed by atoms with E-state index in [0.717, 1.165) is 31.5 Å². The fourth-order valence-corrected chi connectivity index (χ4v) is 3.88. The van der Waals surface area contributed by atoms with Crippen LogP contribution in [0.25, 0.3) is 0 Å². The van der Waals surface area contributed by atoms with Gasteiger partial charge in [0.1, 0.15) is 0 Å². The molecule has 0 unspecified atom stereocenters. The molecule has 5 heteroatoms. The summed E-state index contributed by atoms with van der Waals surface area (Å²) in [4.78, 5) is 15.4. The van der Waals surface area contributed by atoms with Gasteiger partial charge in [0.25, 0.3) is 0 Å². The fourth-order valence-electron chi connectivity index (χ4n) is 3.88. The molecule has 2 aromatic rings. The van der Waals surface area contributed by atoms with Gasteiger partial charge in [0.15, 0.2) is 11.6 Å². The molecule has 0 bridgehead atoms. The minimum atomic E-state index is -0.391. The van der Waals surface area contributed by atoms with Crippen molar-refractivity contribution in [1.29, 1.82) is 5.26 Å². The van der Waals surface area contributed by atoms with Gasteiger partial charge in [-0.25, -0.2) is 0 Å². The summed E-state index contributed by atoms with van der Waals surface area (Å²) in [5, 5.41) is 9.31. The van der Waals surface area contributed by atoms with Gasteiger partial charge >= 0.3 is 0 Å². The minimum absolute atomic E-state index is 0.0984. The Bertz CT molecular complexity index is 871. The first-order chi connectivity index (χ1) is 13.2. The average Bonchev–Trinajstić information content (AvgIpc) is 3.18. The zero-order valence-corrected chi connectivity index (χ0v) is 15.2. The van der Waals surface area contributed by atoms with Gasteiger partial charge in [-0.3, -0.25) is 9.69 Å². The average molecular weight is 362 g/mol. The van der Waals surface area contributed by atoms with E-state index in [0.29, 0.717) is 36.4 Å². The lowest BCUT2D eigenvalue weighted by atomic mass is 9.94. The number of hydrogen-bond donors (Lipinski definition) is 0. The highest BCUT2D eigenvalue weighted by atomic mass is 16.7. The van der Waals surface area contributed by atoms with Crippen LogP contribution in [0.2, 0.25) is 0 Å². The van der Waals surface area contributed by atoms with Crippen molar-refractivity contribution in [1.82, 2.24) is 4.90 Å². The van der Waals surface area contributed by atoms with Gasteiger partial charge in [0, 0.05) is 43.6 Å². The lowest BCUT2D eigenvalue weighted by Crippen LogP contribution is -2.44. The number of nitrogens with zero attached hydrogens (tertiary/aromatic N) is 2. The van der Waals surface area contributed by atoms with E-state index in [9.17, 15) is 10.1 Å². The molecule has 5 nitrogen and oxygen atoms in total. The number of carbonyl (C=O) groups excluding carboxylic acids is 1. The number of hydrogen-bond acceptors (Lipinski definition) is 5. The summed E-state index contributed by atoms with van der Waals surface area (Å²) in [6.45, 7) is 3.80. The van der Waals surface area contributed by atoms with Crippen LogP contribution in [0.5, 0.6) is 0 Å². The van der Waals surface area contributed by atoms with Gasteiger partial charge in [-0.2, -0.15) is 5.26 Å². The normalized spacial score (nSPS) is 19.1. The molecule has 138 valence electrons. The Morgan fingerprint density at radius 2 is 1.63 bits per heavy atom. The van der Waals surface area contributed by atoms with E-state index in [2.05, 4.69) is 11.0 Å². The maximum absolute atomic E-state index is 13.1. The predicted molar refractivity (Wildman–Crippen MR) is 100 cm³/mol. The number of rotatable bonds is 4. The number of likely N-dealkylation sites (tertiary alicyclic amines) is 1. The molecule has 0 radical (unpaired) electrons. The predicted octanol–water partition coefficient (Wildman–Crippen LogP) is 3.13. The summed E-state index contributed by atoms with van der Waals surface area (Å²) in [5.74, 6) is -0.490. The molecule has 0 amide bonds. The molecule has 2 saturated heterocycles. The molecule has 0 saturated carbocycles. The van der Waals surface area contributed by atoms with Crippen molar-refractivity contribution in [2.24, 2.45) is 0 Å². The molecule has 0 aromatic heterocycles. The highest BCUT2D eigenvalue weighted by molar-refractivity contribution is 6.11. The Labute approximate surface area is 159 Å². The maximum atomic E-state index is 13.1. The molecule has 2 aliphatic rings. The molecule has 0 aliphatic carbocycles. The quantitative estimate of drug-likeness (QED) is 0.782. The van der Waals surface area contributed by atoms with Crippen molar-refractivity contribution in [2.75, 3.05) is 26.3 Å². The van der Waals surface area contributed by atoms with Crippen LogP contribution in [0.4, 0.5) is 0 Å². The van der Waals surface area contributed by atoms with Crippen LogP contribution in [0, 0.1) is 11.3 Å². The van der Waals surface area contributed by atoms with Gasteiger partial charge in [-0.15, -0.1) is 0 Å². The van der Waals surface area contributed by atoms with Crippen LogP contribution < -0.4 is 0 Å². The Morgan fingerprint density at radius 3 is 2.33 bits per heavy atom. The van der Waals surface area contributed by atoms with Gasteiger partial charge in [-0.05, 0) is 17.7 Å². The summed E-state index contributed by atoms with van der Waals surface area (Å²) < 4.78 is 11.6. The van der Waals surface area contributed by atoms with Crippen molar-refractivity contribution in [3.63, 3.8) is 0 Å². The van der Waals surface area contributed by atoms with Gasteiger partial charge in [-0.1, -0.05) is 36.4 Å². The van der Waals surface area contributed by atoms with Crippen molar-refractivity contribution < 1.29 is 14.3 Å². The van der Waals surface area contributed by atoms with E-state index in [4.69, 9.17) is 9.47 Å². The standard InChI is InChI=1S/C22H22N2O3/c23-15-17-5-1-3-7-19(17)21(25)20-8-4-2-6-18(20)16-24-11-9-22(10-12-24)26-13-14-27-22/h1-8H,9-14,16H2. The lowest BCUT2D eigenvalue weighted by molar-refractivity contribution is -0.185. The monoisotopic (exact) mass is 362 g/mol. The second kappa shape index (κ2) is 7.61. The highest BCUT2D eigenvalue weighted by Crippen LogP contribution is 2.32.